The third-order valence-electron chi connectivity index (χ3n) is 4.75. The number of hydrogen-bond acceptors (Lipinski definition) is 2. The Hall–Kier alpha value is -3.27. The van der Waals surface area contributed by atoms with Gasteiger partial charge in [0.05, 0.1) is 5.69 Å². The Bertz CT molecular complexity index is 946. The van der Waals surface area contributed by atoms with Crippen molar-refractivity contribution in [2.45, 2.75) is 32.3 Å². The third kappa shape index (κ3) is 6.66. The summed E-state index contributed by atoms with van der Waals surface area (Å²) >= 11 is 0. The van der Waals surface area contributed by atoms with Gasteiger partial charge in [-0.2, -0.15) is 8.78 Å². The van der Waals surface area contributed by atoms with Crippen molar-refractivity contribution < 1.29 is 13.5 Å². The van der Waals surface area contributed by atoms with Crippen molar-refractivity contribution in [3.63, 3.8) is 0 Å². The van der Waals surface area contributed by atoms with Gasteiger partial charge in [0.25, 0.3) is 0 Å². The summed E-state index contributed by atoms with van der Waals surface area (Å²) < 4.78 is 28.9. The van der Waals surface area contributed by atoms with E-state index in [-0.39, 0.29) is 5.75 Å². The number of nitrogens with zero attached hydrogens (tertiary/aromatic N) is 1. The van der Waals surface area contributed by atoms with Crippen molar-refractivity contribution in [1.29, 1.82) is 0 Å². The van der Waals surface area contributed by atoms with Gasteiger partial charge in [-0.05, 0) is 72.2 Å². The minimum atomic E-state index is -2.81. The Morgan fingerprint density at radius 3 is 2.07 bits per heavy atom. The highest BCUT2D eigenvalue weighted by atomic mass is 19.3. The van der Waals surface area contributed by atoms with Gasteiger partial charge in [-0.15, -0.1) is 6.58 Å². The molecule has 0 fully saturated rings. The van der Waals surface area contributed by atoms with Crippen molar-refractivity contribution in [3.8, 4) is 16.9 Å². The average Bonchev–Trinajstić information content (AvgIpc) is 2.77. The summed E-state index contributed by atoms with van der Waals surface area (Å²) in [6, 6.07) is 22.9. The van der Waals surface area contributed by atoms with Crippen molar-refractivity contribution in [2.75, 3.05) is 0 Å². The van der Waals surface area contributed by atoms with Crippen LogP contribution in [0.3, 0.4) is 0 Å². The maximum Gasteiger partial charge on any atom is 0.387 e. The largest absolute Gasteiger partial charge is 0.435 e. The number of rotatable bonds is 10. The average molecular weight is 405 g/mol. The van der Waals surface area contributed by atoms with Crippen LogP contribution in [0.15, 0.2) is 90.4 Å². The van der Waals surface area contributed by atoms with Crippen LogP contribution >= 0.6 is 0 Å². The Labute approximate surface area is 176 Å². The van der Waals surface area contributed by atoms with E-state index in [1.165, 1.54) is 30.5 Å². The number of ether oxygens (including phenoxy) is 1. The van der Waals surface area contributed by atoms with Gasteiger partial charge < -0.3 is 4.74 Å². The normalized spacial score (nSPS) is 11.2. The number of alkyl halides is 2. The summed E-state index contributed by atoms with van der Waals surface area (Å²) in [5.41, 5.74) is 5.16. The maximum absolute atomic E-state index is 12.2. The predicted molar refractivity (Wildman–Crippen MR) is 120 cm³/mol. The summed E-state index contributed by atoms with van der Waals surface area (Å²) in [6.07, 6.45) is 8.33. The van der Waals surface area contributed by atoms with Crippen molar-refractivity contribution >= 4 is 11.9 Å². The molecule has 0 atom stereocenters. The number of allylic oxidation sites excluding steroid dienone is 1. The van der Waals surface area contributed by atoms with E-state index in [9.17, 15) is 8.78 Å². The molecule has 0 spiro atoms. The third-order valence-corrected chi connectivity index (χ3v) is 4.75. The van der Waals surface area contributed by atoms with Crippen molar-refractivity contribution in [2.24, 2.45) is 4.99 Å². The van der Waals surface area contributed by atoms with E-state index in [4.69, 9.17) is 0 Å². The van der Waals surface area contributed by atoms with Gasteiger partial charge in [0.2, 0.25) is 0 Å². The van der Waals surface area contributed by atoms with E-state index in [0.29, 0.717) is 0 Å². The lowest BCUT2D eigenvalue weighted by molar-refractivity contribution is -0.0498. The van der Waals surface area contributed by atoms with Crippen LogP contribution in [0.4, 0.5) is 14.5 Å². The summed E-state index contributed by atoms with van der Waals surface area (Å²) in [6.45, 7) is 0.939. The molecule has 3 rings (SSSR count). The molecule has 0 unspecified atom stereocenters. The summed E-state index contributed by atoms with van der Waals surface area (Å²) in [5, 5.41) is 0. The van der Waals surface area contributed by atoms with Crippen LogP contribution in [-0.4, -0.2) is 12.8 Å². The molecule has 0 aliphatic rings. The van der Waals surface area contributed by atoms with E-state index < -0.39 is 6.61 Å². The molecule has 0 aromatic heterocycles. The monoisotopic (exact) mass is 405 g/mol. The van der Waals surface area contributed by atoms with Crippen molar-refractivity contribution in [1.82, 2.24) is 0 Å². The molecule has 30 heavy (non-hydrogen) atoms. The first-order chi connectivity index (χ1) is 14.6. The molecule has 2 nitrogen and oxygen atoms in total. The van der Waals surface area contributed by atoms with Crippen LogP contribution in [0.25, 0.3) is 11.1 Å². The molecule has 0 saturated carbocycles. The van der Waals surface area contributed by atoms with Gasteiger partial charge in [-0.3, -0.25) is 4.99 Å². The Morgan fingerprint density at radius 2 is 1.47 bits per heavy atom. The van der Waals surface area contributed by atoms with Crippen LogP contribution in [0.5, 0.6) is 5.75 Å². The molecule has 4 heteroatoms. The molecular weight excluding hydrogens is 380 g/mol. The fourth-order valence-electron chi connectivity index (χ4n) is 3.11. The van der Waals surface area contributed by atoms with Crippen LogP contribution in [0.2, 0.25) is 0 Å². The van der Waals surface area contributed by atoms with E-state index >= 15 is 0 Å². The number of aryl methyl sites for hydroxylation is 1. The lowest BCUT2D eigenvalue weighted by Crippen LogP contribution is -2.01. The highest BCUT2D eigenvalue weighted by Gasteiger charge is 2.04. The van der Waals surface area contributed by atoms with Gasteiger partial charge in [0, 0.05) is 6.21 Å². The van der Waals surface area contributed by atoms with Gasteiger partial charge in [0.1, 0.15) is 5.75 Å². The molecule has 0 N–H and O–H groups in total. The molecule has 0 aliphatic heterocycles. The van der Waals surface area contributed by atoms with Crippen LogP contribution < -0.4 is 4.74 Å². The minimum absolute atomic E-state index is 0.151. The zero-order chi connectivity index (χ0) is 21.2. The Kier molecular flexibility index (Phi) is 7.90. The second kappa shape index (κ2) is 11.1. The van der Waals surface area contributed by atoms with Crippen LogP contribution in [0.1, 0.15) is 30.4 Å². The maximum atomic E-state index is 12.2. The first kappa shape index (κ1) is 21.4. The zero-order valence-electron chi connectivity index (χ0n) is 16.8. The van der Waals surface area contributed by atoms with E-state index in [2.05, 4.69) is 40.6 Å². The number of unbranched alkanes of at least 4 members (excludes halogenated alkanes) is 2. The molecular formula is C26H25F2NO. The van der Waals surface area contributed by atoms with Gasteiger partial charge in [-0.1, -0.05) is 54.6 Å². The SMILES string of the molecule is C=CCCCCc1ccc(C=Nc2ccc(-c3ccc(OC(F)F)cc3)cc2)cc1. The molecule has 3 aromatic rings. The lowest BCUT2D eigenvalue weighted by Gasteiger charge is -2.06. The highest BCUT2D eigenvalue weighted by Crippen LogP contribution is 2.25. The molecule has 0 heterocycles. The summed E-state index contributed by atoms with van der Waals surface area (Å²) in [5.74, 6) is 0.151. The van der Waals surface area contributed by atoms with Gasteiger partial charge >= 0.3 is 6.61 Å². The second-order valence-corrected chi connectivity index (χ2v) is 6.98. The molecule has 154 valence electrons. The fourth-order valence-corrected chi connectivity index (χ4v) is 3.11. The summed E-state index contributed by atoms with van der Waals surface area (Å²) in [7, 11) is 0. The van der Waals surface area contributed by atoms with E-state index in [1.807, 2.05) is 36.6 Å². The Balaban J connectivity index is 1.57. The van der Waals surface area contributed by atoms with Crippen LogP contribution in [0, 0.1) is 0 Å². The van der Waals surface area contributed by atoms with Gasteiger partial charge in [0.15, 0.2) is 0 Å². The van der Waals surface area contributed by atoms with Gasteiger partial charge in [-0.25, -0.2) is 0 Å². The second-order valence-electron chi connectivity index (χ2n) is 6.98. The molecule has 0 bridgehead atoms. The Morgan fingerprint density at radius 1 is 0.833 bits per heavy atom. The van der Waals surface area contributed by atoms with Crippen LogP contribution in [-0.2, 0) is 6.42 Å². The first-order valence-electron chi connectivity index (χ1n) is 10.0. The number of benzene rings is 3. The number of aliphatic imine (C=N–C) groups is 1. The van der Waals surface area contributed by atoms with Crippen molar-refractivity contribution in [3.05, 3.63) is 96.6 Å². The highest BCUT2D eigenvalue weighted by molar-refractivity contribution is 5.82. The molecule has 0 saturated heterocycles. The van der Waals surface area contributed by atoms with E-state index in [0.717, 1.165) is 35.2 Å². The number of halogens is 2. The molecule has 3 aromatic carbocycles. The fraction of sp³-hybridized carbons (Fsp3) is 0.192. The molecule has 0 aliphatic carbocycles. The molecule has 0 amide bonds. The zero-order valence-corrected chi connectivity index (χ0v) is 16.8. The predicted octanol–water partition coefficient (Wildman–Crippen LogP) is 7.60. The van der Waals surface area contributed by atoms with E-state index in [1.54, 1.807) is 12.1 Å². The lowest BCUT2D eigenvalue weighted by atomic mass is 10.1. The molecule has 0 radical (unpaired) electrons. The smallest absolute Gasteiger partial charge is 0.387 e. The first-order valence-corrected chi connectivity index (χ1v) is 10.0. The topological polar surface area (TPSA) is 21.6 Å². The summed E-state index contributed by atoms with van der Waals surface area (Å²) in [4.78, 5) is 4.53. The minimum Gasteiger partial charge on any atom is -0.435 e. The number of hydrogen-bond donors (Lipinski definition) is 0. The standard InChI is InChI=1S/C26H25F2NO/c1-2-3-4-5-6-20-7-9-21(10-8-20)19-29-24-15-11-22(12-16-24)23-13-17-25(18-14-23)30-26(27)28/h2,7-19,26H,1,3-6H2. The quantitative estimate of drug-likeness (QED) is 0.193.